The van der Waals surface area contributed by atoms with Crippen LogP contribution in [-0.4, -0.2) is 35.3 Å². The minimum absolute atomic E-state index is 0.290. The van der Waals surface area contributed by atoms with Crippen molar-refractivity contribution in [2.24, 2.45) is 0 Å². The van der Waals surface area contributed by atoms with Crippen LogP contribution in [-0.2, 0) is 17.5 Å². The van der Waals surface area contributed by atoms with Crippen molar-refractivity contribution in [1.82, 2.24) is 15.4 Å². The molecule has 7 heteroatoms. The summed E-state index contributed by atoms with van der Waals surface area (Å²) in [5.74, 6) is 0. The van der Waals surface area contributed by atoms with Crippen molar-refractivity contribution >= 4 is 0 Å². The summed E-state index contributed by atoms with van der Waals surface area (Å²) in [4.78, 5) is 3.83. The van der Waals surface area contributed by atoms with E-state index < -0.39 is 11.7 Å². The van der Waals surface area contributed by atoms with Crippen LogP contribution in [0.15, 0.2) is 18.3 Å². The number of hydrogen-bond acceptors (Lipinski definition) is 4. The Hall–Kier alpha value is -1.18. The molecule has 2 saturated heterocycles. The maximum absolute atomic E-state index is 12.4. The fraction of sp³-hybridized carbons (Fsp3) is 0.583. The van der Waals surface area contributed by atoms with Crippen LogP contribution >= 0.6 is 0 Å². The predicted octanol–water partition coefficient (Wildman–Crippen LogP) is 1.58. The molecule has 2 atom stereocenters. The van der Waals surface area contributed by atoms with E-state index in [2.05, 4.69) is 15.4 Å². The van der Waals surface area contributed by atoms with Gasteiger partial charge in [0.25, 0.3) is 0 Å². The van der Waals surface area contributed by atoms with E-state index in [0.29, 0.717) is 18.3 Å². The van der Waals surface area contributed by atoms with Gasteiger partial charge in [-0.05, 0) is 18.6 Å². The molecule has 19 heavy (non-hydrogen) atoms. The van der Waals surface area contributed by atoms with Gasteiger partial charge in [0.05, 0.1) is 36.6 Å². The van der Waals surface area contributed by atoms with Crippen LogP contribution in [0.1, 0.15) is 17.7 Å². The predicted molar refractivity (Wildman–Crippen MR) is 60.9 cm³/mol. The van der Waals surface area contributed by atoms with Gasteiger partial charge in [0, 0.05) is 12.7 Å². The summed E-state index contributed by atoms with van der Waals surface area (Å²) in [6.45, 7) is 1.98. The van der Waals surface area contributed by atoms with Gasteiger partial charge in [-0.3, -0.25) is 4.98 Å². The molecule has 1 aromatic heterocycles. The third kappa shape index (κ3) is 2.72. The summed E-state index contributed by atoms with van der Waals surface area (Å²) in [5, 5.41) is 2.09. The number of rotatable bonds is 3. The number of morpholine rings is 1. The monoisotopic (exact) mass is 273 g/mol. The molecule has 1 N–H and O–H groups in total. The smallest absolute Gasteiger partial charge is 0.375 e. The topological polar surface area (TPSA) is 37.4 Å². The van der Waals surface area contributed by atoms with Gasteiger partial charge in [0.1, 0.15) is 0 Å². The SMILES string of the molecule is FC(F)(F)c1ccc(CNN2CC3CC2CO3)nc1. The third-order valence-electron chi connectivity index (χ3n) is 3.52. The number of nitrogens with zero attached hydrogens (tertiary/aromatic N) is 2. The highest BCUT2D eigenvalue weighted by molar-refractivity contribution is 5.16. The zero-order valence-corrected chi connectivity index (χ0v) is 10.2. The number of ether oxygens (including phenoxy) is 1. The molecule has 0 amide bonds. The lowest BCUT2D eigenvalue weighted by atomic mass is 10.2. The third-order valence-corrected chi connectivity index (χ3v) is 3.52. The lowest BCUT2D eigenvalue weighted by Gasteiger charge is -2.27. The number of hydrogen-bond donors (Lipinski definition) is 1. The van der Waals surface area contributed by atoms with Crippen molar-refractivity contribution in [1.29, 1.82) is 0 Å². The number of fused-ring (bicyclic) bond motifs is 2. The second-order valence-electron chi connectivity index (χ2n) is 4.87. The van der Waals surface area contributed by atoms with Crippen molar-refractivity contribution in [3.63, 3.8) is 0 Å². The Morgan fingerprint density at radius 2 is 2.26 bits per heavy atom. The molecule has 0 radical (unpaired) electrons. The standard InChI is InChI=1S/C12H14F3N3O/c13-12(14,15)8-1-2-9(16-4-8)5-17-18-6-11-3-10(18)7-19-11/h1-2,4,10-11,17H,3,5-7H2. The number of pyridine rings is 1. The molecule has 0 saturated carbocycles. The van der Waals surface area contributed by atoms with Gasteiger partial charge in [0.2, 0.25) is 0 Å². The lowest BCUT2D eigenvalue weighted by molar-refractivity contribution is -0.137. The Balaban J connectivity index is 1.56. The molecular formula is C12H14F3N3O. The zero-order chi connectivity index (χ0) is 13.5. The van der Waals surface area contributed by atoms with Gasteiger partial charge in [-0.25, -0.2) is 10.4 Å². The molecule has 2 aliphatic heterocycles. The molecule has 2 bridgehead atoms. The molecule has 2 unspecified atom stereocenters. The van der Waals surface area contributed by atoms with Gasteiger partial charge in [0.15, 0.2) is 0 Å². The Morgan fingerprint density at radius 3 is 2.79 bits per heavy atom. The number of nitrogens with one attached hydrogen (secondary N) is 1. The summed E-state index contributed by atoms with van der Waals surface area (Å²) in [6, 6.07) is 2.84. The van der Waals surface area contributed by atoms with Crippen molar-refractivity contribution in [3.05, 3.63) is 29.6 Å². The van der Waals surface area contributed by atoms with Crippen LogP contribution in [0.25, 0.3) is 0 Å². The Kier molecular flexibility index (Phi) is 3.20. The second-order valence-corrected chi connectivity index (χ2v) is 4.87. The van der Waals surface area contributed by atoms with E-state index in [1.54, 1.807) is 0 Å². The van der Waals surface area contributed by atoms with Crippen molar-refractivity contribution in [2.45, 2.75) is 31.3 Å². The van der Waals surface area contributed by atoms with Gasteiger partial charge < -0.3 is 4.74 Å². The van der Waals surface area contributed by atoms with Crippen LogP contribution < -0.4 is 5.43 Å². The summed E-state index contributed by atoms with van der Waals surface area (Å²) < 4.78 is 42.6. The number of hydrazine groups is 1. The van der Waals surface area contributed by atoms with Gasteiger partial charge in [-0.2, -0.15) is 13.2 Å². The Bertz CT molecular complexity index is 449. The molecule has 1 aromatic rings. The van der Waals surface area contributed by atoms with Crippen molar-refractivity contribution in [3.8, 4) is 0 Å². The number of halogens is 3. The first-order chi connectivity index (χ1) is 9.02. The Labute approximate surface area is 108 Å². The van der Waals surface area contributed by atoms with Crippen LogP contribution in [0, 0.1) is 0 Å². The first-order valence-corrected chi connectivity index (χ1v) is 6.16. The van der Waals surface area contributed by atoms with E-state index in [1.165, 1.54) is 6.07 Å². The molecule has 2 fully saturated rings. The quantitative estimate of drug-likeness (QED) is 0.907. The van der Waals surface area contributed by atoms with E-state index in [1.807, 2.05) is 0 Å². The highest BCUT2D eigenvalue weighted by Gasteiger charge is 2.38. The first-order valence-electron chi connectivity index (χ1n) is 6.16. The Morgan fingerprint density at radius 1 is 1.42 bits per heavy atom. The van der Waals surface area contributed by atoms with Crippen LogP contribution in [0.3, 0.4) is 0 Å². The van der Waals surface area contributed by atoms with Crippen LogP contribution in [0.2, 0.25) is 0 Å². The summed E-state index contributed by atoms with van der Waals surface area (Å²) in [6.07, 6.45) is -2.15. The second kappa shape index (κ2) is 4.73. The number of alkyl halides is 3. The van der Waals surface area contributed by atoms with Gasteiger partial charge in [-0.1, -0.05) is 0 Å². The minimum Gasteiger partial charge on any atom is -0.375 e. The average molecular weight is 273 g/mol. The normalized spacial score (nSPS) is 27.1. The fourth-order valence-corrected chi connectivity index (χ4v) is 2.47. The minimum atomic E-state index is -4.33. The molecule has 2 aliphatic rings. The molecule has 0 aromatic carbocycles. The van der Waals surface area contributed by atoms with E-state index in [-0.39, 0.29) is 6.10 Å². The fourth-order valence-electron chi connectivity index (χ4n) is 2.47. The summed E-state index contributed by atoms with van der Waals surface area (Å²) in [5.41, 5.74) is 3.07. The van der Waals surface area contributed by atoms with Crippen molar-refractivity contribution in [2.75, 3.05) is 13.2 Å². The van der Waals surface area contributed by atoms with E-state index >= 15 is 0 Å². The highest BCUT2D eigenvalue weighted by Crippen LogP contribution is 2.28. The van der Waals surface area contributed by atoms with Crippen molar-refractivity contribution < 1.29 is 17.9 Å². The lowest BCUT2D eigenvalue weighted by Crippen LogP contribution is -2.46. The maximum atomic E-state index is 12.4. The molecule has 0 spiro atoms. The molecule has 4 nitrogen and oxygen atoms in total. The zero-order valence-electron chi connectivity index (χ0n) is 10.2. The van der Waals surface area contributed by atoms with Crippen LogP contribution in [0.5, 0.6) is 0 Å². The first kappa shape index (κ1) is 12.8. The van der Waals surface area contributed by atoms with Gasteiger partial charge in [-0.15, -0.1) is 0 Å². The molecular weight excluding hydrogens is 259 g/mol. The van der Waals surface area contributed by atoms with E-state index in [9.17, 15) is 13.2 Å². The van der Waals surface area contributed by atoms with Gasteiger partial charge >= 0.3 is 6.18 Å². The number of aromatic nitrogens is 1. The maximum Gasteiger partial charge on any atom is 0.417 e. The average Bonchev–Trinajstić information content (AvgIpc) is 2.98. The highest BCUT2D eigenvalue weighted by atomic mass is 19.4. The molecule has 104 valence electrons. The molecule has 3 heterocycles. The summed E-state index contributed by atoms with van der Waals surface area (Å²) in [7, 11) is 0. The van der Waals surface area contributed by atoms with E-state index in [0.717, 1.165) is 31.8 Å². The summed E-state index contributed by atoms with van der Waals surface area (Å²) >= 11 is 0. The van der Waals surface area contributed by atoms with Crippen LogP contribution in [0.4, 0.5) is 13.2 Å². The molecule has 0 aliphatic carbocycles. The van der Waals surface area contributed by atoms with E-state index in [4.69, 9.17) is 4.74 Å². The molecule has 3 rings (SSSR count). The largest absolute Gasteiger partial charge is 0.417 e.